The fourth-order valence-electron chi connectivity index (χ4n) is 1.21. The van der Waals surface area contributed by atoms with Gasteiger partial charge in [0.15, 0.2) is 5.12 Å². The van der Waals surface area contributed by atoms with Gasteiger partial charge in [-0.2, -0.15) is 0 Å². The molecule has 1 aromatic rings. The van der Waals surface area contributed by atoms with Crippen molar-refractivity contribution >= 4 is 28.6 Å². The molecule has 0 saturated heterocycles. The number of carbonyl (C=O) groups excluding carboxylic acids is 1. The summed E-state index contributed by atoms with van der Waals surface area (Å²) >= 11 is 1.28. The Labute approximate surface area is 99.7 Å². The summed E-state index contributed by atoms with van der Waals surface area (Å²) in [6, 6.07) is 5.52. The first-order valence-electron chi connectivity index (χ1n) is 4.86. The van der Waals surface area contributed by atoms with Crippen LogP contribution in [0.25, 0.3) is 6.08 Å². The van der Waals surface area contributed by atoms with E-state index >= 15 is 0 Å². The third-order valence-electron chi connectivity index (χ3n) is 1.88. The molecule has 0 fully saturated rings. The van der Waals surface area contributed by atoms with E-state index in [2.05, 4.69) is 0 Å². The van der Waals surface area contributed by atoms with E-state index in [-0.39, 0.29) is 5.12 Å². The lowest BCUT2D eigenvalue weighted by Crippen LogP contribution is -1.89. The first-order valence-corrected chi connectivity index (χ1v) is 5.85. The molecular weight excluding hydrogens is 222 g/mol. The van der Waals surface area contributed by atoms with Gasteiger partial charge in [-0.15, -0.1) is 0 Å². The summed E-state index contributed by atoms with van der Waals surface area (Å²) in [5.41, 5.74) is 7.35. The fourth-order valence-corrected chi connectivity index (χ4v) is 1.64. The molecule has 0 amide bonds. The molecule has 0 radical (unpaired) electrons. The smallest absolute Gasteiger partial charge is 0.186 e. The number of ether oxygens (including phenoxy) is 1. The molecule has 0 aliphatic heterocycles. The number of rotatable bonds is 4. The maximum absolute atomic E-state index is 10.7. The van der Waals surface area contributed by atoms with Gasteiger partial charge in [0.05, 0.1) is 7.11 Å². The van der Waals surface area contributed by atoms with Gasteiger partial charge in [0.1, 0.15) is 5.75 Å². The first kappa shape index (κ1) is 12.6. The van der Waals surface area contributed by atoms with Gasteiger partial charge < -0.3 is 10.5 Å². The van der Waals surface area contributed by atoms with Crippen LogP contribution in [0.5, 0.6) is 5.75 Å². The maximum Gasteiger partial charge on any atom is 0.186 e. The summed E-state index contributed by atoms with van der Waals surface area (Å²) in [5, 5.41) is 0.120. The Morgan fingerprint density at radius 2 is 2.25 bits per heavy atom. The van der Waals surface area contributed by atoms with Crippen molar-refractivity contribution in [3.63, 3.8) is 0 Å². The number of carbonyl (C=O) groups is 1. The van der Waals surface area contributed by atoms with Gasteiger partial charge in [-0.25, -0.2) is 0 Å². The molecule has 4 heteroatoms. The number of nitrogen functional groups attached to an aromatic ring is 1. The second-order valence-corrected chi connectivity index (χ2v) is 4.44. The summed E-state index contributed by atoms with van der Waals surface area (Å²) < 4.78 is 5.11. The Balaban J connectivity index is 2.65. The number of nitrogens with two attached hydrogens (primary N) is 1. The minimum Gasteiger partial charge on any atom is -0.497 e. The second-order valence-electron chi connectivity index (χ2n) is 3.24. The van der Waals surface area contributed by atoms with E-state index in [1.165, 1.54) is 11.8 Å². The summed E-state index contributed by atoms with van der Waals surface area (Å²) in [6.45, 7) is 1.56. The topological polar surface area (TPSA) is 52.3 Å². The lowest BCUT2D eigenvalue weighted by Gasteiger charge is -2.03. The molecule has 0 bridgehead atoms. The average Bonchev–Trinajstić information content (AvgIpc) is 2.23. The van der Waals surface area contributed by atoms with E-state index in [0.717, 1.165) is 11.3 Å². The van der Waals surface area contributed by atoms with Crippen molar-refractivity contribution in [3.05, 3.63) is 29.8 Å². The van der Waals surface area contributed by atoms with E-state index in [1.54, 1.807) is 20.1 Å². The van der Waals surface area contributed by atoms with Crippen LogP contribution < -0.4 is 10.5 Å². The molecule has 0 saturated carbocycles. The minimum absolute atomic E-state index is 0.120. The SMILES string of the molecule is COc1cc(N)cc(C=CCSC(C)=O)c1. The molecule has 2 N–H and O–H groups in total. The number of thioether (sulfide) groups is 1. The van der Waals surface area contributed by atoms with Crippen LogP contribution in [0.2, 0.25) is 0 Å². The van der Waals surface area contributed by atoms with Crippen molar-refractivity contribution in [3.8, 4) is 5.75 Å². The third kappa shape index (κ3) is 4.40. The zero-order valence-corrected chi connectivity index (χ0v) is 10.2. The number of anilines is 1. The van der Waals surface area contributed by atoms with Gasteiger partial charge in [-0.05, 0) is 17.7 Å². The van der Waals surface area contributed by atoms with Gasteiger partial charge in [0.25, 0.3) is 0 Å². The standard InChI is InChI=1S/C12H15NO2S/c1-9(14)16-5-3-4-10-6-11(13)8-12(7-10)15-2/h3-4,6-8H,5,13H2,1-2H3. The van der Waals surface area contributed by atoms with Gasteiger partial charge >= 0.3 is 0 Å². The lowest BCUT2D eigenvalue weighted by atomic mass is 10.2. The largest absolute Gasteiger partial charge is 0.497 e. The van der Waals surface area contributed by atoms with E-state index in [4.69, 9.17) is 10.5 Å². The minimum atomic E-state index is 0.120. The molecule has 0 heterocycles. The van der Waals surface area contributed by atoms with Crippen LogP contribution in [0.3, 0.4) is 0 Å². The quantitative estimate of drug-likeness (QED) is 0.818. The first-order chi connectivity index (χ1) is 7.61. The Hall–Kier alpha value is -1.42. The van der Waals surface area contributed by atoms with E-state index in [0.29, 0.717) is 11.4 Å². The Morgan fingerprint density at radius 1 is 1.50 bits per heavy atom. The van der Waals surface area contributed by atoms with Crippen molar-refractivity contribution in [2.45, 2.75) is 6.92 Å². The predicted molar refractivity (Wildman–Crippen MR) is 69.6 cm³/mol. The van der Waals surface area contributed by atoms with Gasteiger partial charge in [0.2, 0.25) is 0 Å². The summed E-state index contributed by atoms with van der Waals surface area (Å²) in [6.07, 6.45) is 3.86. The second kappa shape index (κ2) is 6.23. The van der Waals surface area contributed by atoms with Gasteiger partial charge in [-0.3, -0.25) is 4.79 Å². The third-order valence-corrected chi connectivity index (χ3v) is 2.65. The van der Waals surface area contributed by atoms with Crippen molar-refractivity contribution < 1.29 is 9.53 Å². The van der Waals surface area contributed by atoms with Crippen LogP contribution in [0.15, 0.2) is 24.3 Å². The molecule has 0 aliphatic rings. The van der Waals surface area contributed by atoms with Gasteiger partial charge in [-0.1, -0.05) is 23.9 Å². The molecule has 0 atom stereocenters. The monoisotopic (exact) mass is 237 g/mol. The Bertz CT molecular complexity index is 402. The molecular formula is C12H15NO2S. The highest BCUT2D eigenvalue weighted by Crippen LogP contribution is 2.19. The zero-order chi connectivity index (χ0) is 12.0. The number of benzene rings is 1. The van der Waals surface area contributed by atoms with Gasteiger partial charge in [0, 0.05) is 24.4 Å². The number of methoxy groups -OCH3 is 1. The Kier molecular flexibility index (Phi) is 4.92. The molecule has 0 aromatic heterocycles. The molecule has 0 unspecified atom stereocenters. The molecule has 1 rings (SSSR count). The van der Waals surface area contributed by atoms with E-state index in [1.807, 2.05) is 24.3 Å². The highest BCUT2D eigenvalue weighted by molar-refractivity contribution is 8.13. The normalized spacial score (nSPS) is 10.6. The van der Waals surface area contributed by atoms with Crippen LogP contribution in [0.1, 0.15) is 12.5 Å². The Morgan fingerprint density at radius 3 is 2.88 bits per heavy atom. The van der Waals surface area contributed by atoms with Crippen molar-refractivity contribution in [2.75, 3.05) is 18.6 Å². The van der Waals surface area contributed by atoms with Crippen molar-refractivity contribution in [1.82, 2.24) is 0 Å². The number of hydrogen-bond acceptors (Lipinski definition) is 4. The van der Waals surface area contributed by atoms with Crippen molar-refractivity contribution in [1.29, 1.82) is 0 Å². The molecule has 16 heavy (non-hydrogen) atoms. The number of hydrogen-bond donors (Lipinski definition) is 1. The fraction of sp³-hybridized carbons (Fsp3) is 0.250. The van der Waals surface area contributed by atoms with Crippen LogP contribution >= 0.6 is 11.8 Å². The molecule has 86 valence electrons. The molecule has 0 spiro atoms. The lowest BCUT2D eigenvalue weighted by molar-refractivity contribution is -0.109. The van der Waals surface area contributed by atoms with Crippen LogP contribution in [0.4, 0.5) is 5.69 Å². The summed E-state index contributed by atoms with van der Waals surface area (Å²) in [4.78, 5) is 10.7. The van der Waals surface area contributed by atoms with Crippen LogP contribution in [-0.4, -0.2) is 18.0 Å². The molecule has 1 aromatic carbocycles. The molecule has 3 nitrogen and oxygen atoms in total. The summed E-state index contributed by atoms with van der Waals surface area (Å²) in [7, 11) is 1.61. The van der Waals surface area contributed by atoms with Crippen LogP contribution in [0, 0.1) is 0 Å². The van der Waals surface area contributed by atoms with Crippen LogP contribution in [-0.2, 0) is 4.79 Å². The van der Waals surface area contributed by atoms with Crippen molar-refractivity contribution in [2.24, 2.45) is 0 Å². The highest BCUT2D eigenvalue weighted by atomic mass is 32.2. The zero-order valence-electron chi connectivity index (χ0n) is 9.40. The molecule has 0 aliphatic carbocycles. The maximum atomic E-state index is 10.7. The predicted octanol–water partition coefficient (Wildman–Crippen LogP) is 2.57. The summed E-state index contributed by atoms with van der Waals surface area (Å²) in [5.74, 6) is 1.41. The van der Waals surface area contributed by atoms with E-state index in [9.17, 15) is 4.79 Å². The average molecular weight is 237 g/mol. The van der Waals surface area contributed by atoms with E-state index < -0.39 is 0 Å². The highest BCUT2D eigenvalue weighted by Gasteiger charge is 1.96.